The van der Waals surface area contributed by atoms with E-state index in [9.17, 15) is 4.79 Å². The molecular weight excluding hydrogens is 154 g/mol. The van der Waals surface area contributed by atoms with Gasteiger partial charge in [-0.1, -0.05) is 0 Å². The molecule has 0 aliphatic rings. The topological polar surface area (TPSA) is 38.3 Å². The summed E-state index contributed by atoms with van der Waals surface area (Å²) in [5, 5.41) is 0. The molecule has 1 N–H and O–H groups in total. The van der Waals surface area contributed by atoms with Crippen molar-refractivity contribution in [2.24, 2.45) is 0 Å². The lowest BCUT2D eigenvalue weighted by Gasteiger charge is -2.19. The lowest BCUT2D eigenvalue weighted by Crippen LogP contribution is -2.35. The lowest BCUT2D eigenvalue weighted by molar-refractivity contribution is -0.141. The molecule has 0 radical (unpaired) electrons. The smallest absolute Gasteiger partial charge is 0.307 e. The van der Waals surface area contributed by atoms with Gasteiger partial charge >= 0.3 is 5.97 Å². The van der Waals surface area contributed by atoms with Crippen LogP contribution < -0.4 is 4.84 Å². The van der Waals surface area contributed by atoms with Gasteiger partial charge in [0.05, 0.1) is 13.5 Å². The summed E-state index contributed by atoms with van der Waals surface area (Å²) in [7, 11) is 1.35. The Morgan fingerprint density at radius 2 is 2.20 bits per heavy atom. The molecular formula is C6H12ClNO2. The molecule has 0 fully saturated rings. The molecule has 0 saturated heterocycles. The number of ether oxygens (including phenoxy) is 1. The normalized spacial score (nSPS) is 11.2. The molecule has 0 amide bonds. The standard InChI is InChI=1S/C6H12ClNO2/c1-6(2,8-7)4-5(9)10-3/h8H,4H2,1-3H3. The molecule has 0 aliphatic carbocycles. The van der Waals surface area contributed by atoms with Gasteiger partial charge in [-0.05, 0) is 25.6 Å². The van der Waals surface area contributed by atoms with E-state index in [0.717, 1.165) is 0 Å². The van der Waals surface area contributed by atoms with Crippen LogP contribution in [0, 0.1) is 0 Å². The van der Waals surface area contributed by atoms with E-state index in [4.69, 9.17) is 11.8 Å². The van der Waals surface area contributed by atoms with Crippen molar-refractivity contribution in [2.75, 3.05) is 7.11 Å². The molecule has 0 atom stereocenters. The molecule has 0 unspecified atom stereocenters. The molecule has 0 saturated carbocycles. The summed E-state index contributed by atoms with van der Waals surface area (Å²) in [6.07, 6.45) is 0.271. The number of carbonyl (C=O) groups is 1. The summed E-state index contributed by atoms with van der Waals surface area (Å²) in [5.74, 6) is -0.266. The maximum atomic E-state index is 10.7. The van der Waals surface area contributed by atoms with Crippen LogP contribution in [-0.4, -0.2) is 18.6 Å². The zero-order valence-corrected chi connectivity index (χ0v) is 7.16. The number of rotatable bonds is 3. The molecule has 0 aromatic heterocycles. The van der Waals surface area contributed by atoms with Crippen molar-refractivity contribution < 1.29 is 9.53 Å². The van der Waals surface area contributed by atoms with Gasteiger partial charge in [-0.3, -0.25) is 4.79 Å². The van der Waals surface area contributed by atoms with Crippen LogP contribution in [0.25, 0.3) is 0 Å². The molecule has 10 heavy (non-hydrogen) atoms. The highest BCUT2D eigenvalue weighted by atomic mass is 35.5. The average molecular weight is 166 g/mol. The first-order chi connectivity index (χ1) is 4.52. The quantitative estimate of drug-likeness (QED) is 0.502. The Morgan fingerprint density at radius 1 is 1.70 bits per heavy atom. The third-order valence-electron chi connectivity index (χ3n) is 1.07. The van der Waals surface area contributed by atoms with E-state index in [1.165, 1.54) is 7.11 Å². The Balaban J connectivity index is 3.76. The van der Waals surface area contributed by atoms with Crippen LogP contribution >= 0.6 is 11.8 Å². The molecule has 60 valence electrons. The van der Waals surface area contributed by atoms with Gasteiger partial charge in [0.2, 0.25) is 0 Å². The zero-order chi connectivity index (χ0) is 8.20. The van der Waals surface area contributed by atoms with Crippen molar-refractivity contribution in [3.05, 3.63) is 0 Å². The van der Waals surface area contributed by atoms with Gasteiger partial charge in [0.25, 0.3) is 0 Å². The number of methoxy groups -OCH3 is 1. The minimum atomic E-state index is -0.394. The summed E-state index contributed by atoms with van der Waals surface area (Å²) < 4.78 is 4.45. The van der Waals surface area contributed by atoms with Gasteiger partial charge in [-0.25, -0.2) is 4.84 Å². The second-order valence-corrected chi connectivity index (χ2v) is 2.92. The molecule has 0 spiro atoms. The Labute approximate surface area is 65.8 Å². The highest BCUT2D eigenvalue weighted by Gasteiger charge is 2.20. The van der Waals surface area contributed by atoms with E-state index in [1.54, 1.807) is 0 Å². The predicted octanol–water partition coefficient (Wildman–Crippen LogP) is 1.07. The second kappa shape index (κ2) is 3.78. The van der Waals surface area contributed by atoms with E-state index in [1.807, 2.05) is 13.8 Å². The van der Waals surface area contributed by atoms with E-state index in [-0.39, 0.29) is 12.4 Å². The SMILES string of the molecule is COC(=O)CC(C)(C)NCl. The van der Waals surface area contributed by atoms with Crippen LogP contribution in [0.4, 0.5) is 0 Å². The van der Waals surface area contributed by atoms with Gasteiger partial charge in [0, 0.05) is 5.54 Å². The molecule has 0 aliphatic heterocycles. The van der Waals surface area contributed by atoms with Crippen LogP contribution in [0.3, 0.4) is 0 Å². The van der Waals surface area contributed by atoms with Crippen molar-refractivity contribution in [3.63, 3.8) is 0 Å². The van der Waals surface area contributed by atoms with Crippen molar-refractivity contribution in [1.29, 1.82) is 0 Å². The third-order valence-corrected chi connectivity index (χ3v) is 1.58. The molecule has 0 rings (SSSR count). The Bertz CT molecular complexity index is 125. The van der Waals surface area contributed by atoms with Gasteiger partial charge in [-0.15, -0.1) is 0 Å². The zero-order valence-electron chi connectivity index (χ0n) is 6.40. The van der Waals surface area contributed by atoms with Gasteiger partial charge in [0.1, 0.15) is 0 Å². The lowest BCUT2D eigenvalue weighted by atomic mass is 10.0. The van der Waals surface area contributed by atoms with Crippen LogP contribution in [0.15, 0.2) is 0 Å². The number of carbonyl (C=O) groups excluding carboxylic acids is 1. The van der Waals surface area contributed by atoms with Crippen molar-refractivity contribution in [2.45, 2.75) is 25.8 Å². The number of hydrogen-bond acceptors (Lipinski definition) is 3. The maximum absolute atomic E-state index is 10.7. The van der Waals surface area contributed by atoms with Gasteiger partial charge in [-0.2, -0.15) is 0 Å². The molecule has 0 bridgehead atoms. The van der Waals surface area contributed by atoms with Crippen molar-refractivity contribution in [1.82, 2.24) is 4.84 Å². The van der Waals surface area contributed by atoms with E-state index < -0.39 is 5.54 Å². The Kier molecular flexibility index (Phi) is 3.68. The highest BCUT2D eigenvalue weighted by molar-refractivity contribution is 6.14. The molecule has 0 aromatic rings. The van der Waals surface area contributed by atoms with Crippen LogP contribution in [0.2, 0.25) is 0 Å². The largest absolute Gasteiger partial charge is 0.469 e. The first-order valence-electron chi connectivity index (χ1n) is 2.96. The number of nitrogens with one attached hydrogen (secondary N) is 1. The van der Waals surface area contributed by atoms with E-state index in [0.29, 0.717) is 0 Å². The van der Waals surface area contributed by atoms with Crippen molar-refractivity contribution >= 4 is 17.7 Å². The molecule has 4 heteroatoms. The minimum Gasteiger partial charge on any atom is -0.469 e. The van der Waals surface area contributed by atoms with Crippen LogP contribution in [0.5, 0.6) is 0 Å². The number of hydrogen-bond donors (Lipinski definition) is 1. The highest BCUT2D eigenvalue weighted by Crippen LogP contribution is 2.09. The molecule has 0 aromatic carbocycles. The summed E-state index contributed by atoms with van der Waals surface area (Å²) in [5.41, 5.74) is -0.394. The van der Waals surface area contributed by atoms with Crippen LogP contribution in [0.1, 0.15) is 20.3 Å². The Morgan fingerprint density at radius 3 is 2.50 bits per heavy atom. The van der Waals surface area contributed by atoms with Crippen molar-refractivity contribution in [3.8, 4) is 0 Å². The monoisotopic (exact) mass is 165 g/mol. The fourth-order valence-electron chi connectivity index (χ4n) is 0.466. The summed E-state index contributed by atoms with van der Waals surface area (Å²) in [6, 6.07) is 0. The van der Waals surface area contributed by atoms with E-state index in [2.05, 4.69) is 9.57 Å². The summed E-state index contributed by atoms with van der Waals surface area (Å²) in [4.78, 5) is 13.1. The number of halogens is 1. The van der Waals surface area contributed by atoms with Gasteiger partial charge < -0.3 is 4.74 Å². The minimum absolute atomic E-state index is 0.266. The van der Waals surface area contributed by atoms with Crippen LogP contribution in [-0.2, 0) is 9.53 Å². The summed E-state index contributed by atoms with van der Waals surface area (Å²) >= 11 is 5.34. The fraction of sp³-hybridized carbons (Fsp3) is 0.833. The van der Waals surface area contributed by atoms with E-state index >= 15 is 0 Å². The Hall–Kier alpha value is -0.280. The second-order valence-electron chi connectivity index (χ2n) is 2.73. The first-order valence-corrected chi connectivity index (χ1v) is 3.34. The predicted molar refractivity (Wildman–Crippen MR) is 39.7 cm³/mol. The average Bonchev–Trinajstić information content (AvgIpc) is 1.87. The third kappa shape index (κ3) is 3.69. The summed E-state index contributed by atoms with van der Waals surface area (Å²) in [6.45, 7) is 3.63. The number of esters is 1. The van der Waals surface area contributed by atoms with Gasteiger partial charge in [0.15, 0.2) is 0 Å². The molecule has 0 heterocycles. The maximum Gasteiger partial charge on any atom is 0.307 e. The fourth-order valence-corrected chi connectivity index (χ4v) is 0.533. The molecule has 3 nitrogen and oxygen atoms in total. The first kappa shape index (κ1) is 9.72.